The Bertz CT molecular complexity index is 1220. The standard InChI is InChI=1S/C22H24N2O7S.C4H10/c1-5-31-19-11-14(9-10-18(19)30-3)17(12-32(4,28)29)24-21(26)15-7-6-8-16(23-13(2)25)20(15)22(24)27;1-3-4-2/h6-11,17H,5,12H2,1-4H3,(H,23,25);3-4H2,1-2H3. The minimum absolute atomic E-state index is 0.0322. The van der Waals surface area contributed by atoms with Crippen LogP contribution in [-0.4, -0.2) is 56.8 Å². The fraction of sp³-hybridized carbons (Fsp3) is 0.423. The molecule has 10 heteroatoms. The Labute approximate surface area is 212 Å². The van der Waals surface area contributed by atoms with Crippen molar-refractivity contribution < 1.29 is 32.3 Å². The topological polar surface area (TPSA) is 119 Å². The third-order valence-electron chi connectivity index (χ3n) is 5.40. The molecule has 196 valence electrons. The van der Waals surface area contributed by atoms with Crippen molar-refractivity contribution in [3.05, 3.63) is 53.1 Å². The predicted octanol–water partition coefficient (Wildman–Crippen LogP) is 4.24. The van der Waals surface area contributed by atoms with Gasteiger partial charge >= 0.3 is 0 Å². The van der Waals surface area contributed by atoms with Crippen molar-refractivity contribution in [1.29, 1.82) is 0 Å². The second-order valence-corrected chi connectivity index (χ2v) is 10.5. The number of carbonyl (C=O) groups is 3. The van der Waals surface area contributed by atoms with E-state index in [1.807, 2.05) is 0 Å². The van der Waals surface area contributed by atoms with Crippen molar-refractivity contribution in [2.45, 2.75) is 46.6 Å². The zero-order valence-electron chi connectivity index (χ0n) is 21.6. The van der Waals surface area contributed by atoms with Crippen LogP contribution < -0.4 is 14.8 Å². The van der Waals surface area contributed by atoms with Gasteiger partial charge in [0, 0.05) is 13.2 Å². The smallest absolute Gasteiger partial charge is 0.264 e. The van der Waals surface area contributed by atoms with E-state index in [1.165, 1.54) is 39.0 Å². The molecule has 0 radical (unpaired) electrons. The van der Waals surface area contributed by atoms with Gasteiger partial charge in [0.1, 0.15) is 9.84 Å². The molecule has 1 heterocycles. The van der Waals surface area contributed by atoms with Crippen LogP contribution in [0.25, 0.3) is 0 Å². The third-order valence-corrected chi connectivity index (χ3v) is 6.32. The summed E-state index contributed by atoms with van der Waals surface area (Å²) in [4.78, 5) is 39.1. The molecule has 1 N–H and O–H groups in total. The molecule has 1 unspecified atom stereocenters. The van der Waals surface area contributed by atoms with Crippen molar-refractivity contribution in [3.63, 3.8) is 0 Å². The molecule has 0 bridgehead atoms. The molecule has 36 heavy (non-hydrogen) atoms. The van der Waals surface area contributed by atoms with E-state index in [-0.39, 0.29) is 16.8 Å². The molecule has 3 amide bonds. The molecule has 9 nitrogen and oxygen atoms in total. The summed E-state index contributed by atoms with van der Waals surface area (Å²) in [5.41, 5.74) is 0.719. The van der Waals surface area contributed by atoms with Gasteiger partial charge in [-0.05, 0) is 36.8 Å². The molecule has 1 atom stereocenters. The molecule has 0 fully saturated rings. The van der Waals surface area contributed by atoms with Gasteiger partial charge < -0.3 is 14.8 Å². The summed E-state index contributed by atoms with van der Waals surface area (Å²) >= 11 is 0. The maximum absolute atomic E-state index is 13.3. The van der Waals surface area contributed by atoms with Gasteiger partial charge in [-0.25, -0.2) is 8.42 Å². The number of rotatable bonds is 9. The van der Waals surface area contributed by atoms with E-state index in [0.717, 1.165) is 11.2 Å². The Morgan fingerprint density at radius 1 is 1.03 bits per heavy atom. The number of anilines is 1. The number of carbonyl (C=O) groups excluding carboxylic acids is 3. The maximum atomic E-state index is 13.3. The number of sulfone groups is 1. The monoisotopic (exact) mass is 518 g/mol. The van der Waals surface area contributed by atoms with Crippen molar-refractivity contribution in [3.8, 4) is 11.5 Å². The molecule has 0 spiro atoms. The van der Waals surface area contributed by atoms with Gasteiger partial charge in [-0.1, -0.05) is 38.8 Å². The van der Waals surface area contributed by atoms with Crippen LogP contribution in [-0.2, 0) is 14.6 Å². The number of ether oxygens (including phenoxy) is 2. The van der Waals surface area contributed by atoms with Crippen LogP contribution in [0.2, 0.25) is 0 Å². The Morgan fingerprint density at radius 3 is 2.22 bits per heavy atom. The van der Waals surface area contributed by atoms with Crippen LogP contribution in [0.1, 0.15) is 72.9 Å². The predicted molar refractivity (Wildman–Crippen MR) is 138 cm³/mol. The second kappa shape index (κ2) is 12.5. The van der Waals surface area contributed by atoms with Crippen molar-refractivity contribution in [1.82, 2.24) is 4.90 Å². The molecule has 0 saturated carbocycles. The number of fused-ring (bicyclic) bond motifs is 1. The molecule has 0 aliphatic carbocycles. The van der Waals surface area contributed by atoms with Gasteiger partial charge in [-0.3, -0.25) is 19.3 Å². The first-order valence-electron chi connectivity index (χ1n) is 11.8. The minimum Gasteiger partial charge on any atom is -0.493 e. The number of nitrogens with one attached hydrogen (secondary N) is 1. The van der Waals surface area contributed by atoms with E-state index in [1.54, 1.807) is 31.2 Å². The van der Waals surface area contributed by atoms with Crippen LogP contribution in [0, 0.1) is 0 Å². The lowest BCUT2D eigenvalue weighted by atomic mass is 10.1. The fourth-order valence-corrected chi connectivity index (χ4v) is 4.57. The summed E-state index contributed by atoms with van der Waals surface area (Å²) in [6, 6.07) is 8.18. The summed E-state index contributed by atoms with van der Waals surface area (Å²) in [6.45, 7) is 7.77. The van der Waals surface area contributed by atoms with E-state index >= 15 is 0 Å². The lowest BCUT2D eigenvalue weighted by Crippen LogP contribution is -2.37. The normalized spacial score (nSPS) is 13.4. The summed E-state index contributed by atoms with van der Waals surface area (Å²) in [5.74, 6) is -1.41. The second-order valence-electron chi connectivity index (χ2n) is 8.34. The zero-order valence-corrected chi connectivity index (χ0v) is 22.4. The summed E-state index contributed by atoms with van der Waals surface area (Å²) in [5, 5.41) is 2.55. The average molecular weight is 519 g/mol. The lowest BCUT2D eigenvalue weighted by Gasteiger charge is -2.27. The molecule has 0 aromatic heterocycles. The number of benzene rings is 2. The minimum atomic E-state index is -3.60. The maximum Gasteiger partial charge on any atom is 0.264 e. The molecular weight excluding hydrogens is 484 g/mol. The molecule has 1 aliphatic rings. The van der Waals surface area contributed by atoms with Crippen molar-refractivity contribution >= 4 is 33.2 Å². The molecule has 2 aromatic rings. The van der Waals surface area contributed by atoms with Crippen LogP contribution in [0.4, 0.5) is 5.69 Å². The van der Waals surface area contributed by atoms with Crippen LogP contribution in [0.15, 0.2) is 36.4 Å². The molecule has 2 aromatic carbocycles. The largest absolute Gasteiger partial charge is 0.493 e. The highest BCUT2D eigenvalue weighted by molar-refractivity contribution is 7.90. The molecule has 0 saturated heterocycles. The van der Waals surface area contributed by atoms with Crippen LogP contribution in [0.3, 0.4) is 0 Å². The van der Waals surface area contributed by atoms with Gasteiger partial charge in [0.25, 0.3) is 11.8 Å². The molecule has 1 aliphatic heterocycles. The van der Waals surface area contributed by atoms with E-state index in [9.17, 15) is 22.8 Å². The first-order valence-corrected chi connectivity index (χ1v) is 13.8. The van der Waals surface area contributed by atoms with Gasteiger partial charge in [-0.15, -0.1) is 0 Å². The van der Waals surface area contributed by atoms with Crippen molar-refractivity contribution in [2.24, 2.45) is 0 Å². The van der Waals surface area contributed by atoms with Gasteiger partial charge in [-0.2, -0.15) is 0 Å². The first-order chi connectivity index (χ1) is 17.0. The van der Waals surface area contributed by atoms with Gasteiger partial charge in [0.05, 0.1) is 42.3 Å². The first kappa shape index (κ1) is 28.8. The highest BCUT2D eigenvalue weighted by Crippen LogP contribution is 2.38. The van der Waals surface area contributed by atoms with Crippen molar-refractivity contribution in [2.75, 3.05) is 31.0 Å². The summed E-state index contributed by atoms with van der Waals surface area (Å²) in [6.07, 6.45) is 3.67. The quantitative estimate of drug-likeness (QED) is 0.493. The third kappa shape index (κ3) is 6.84. The zero-order chi connectivity index (χ0) is 27.0. The van der Waals surface area contributed by atoms with Crippen LogP contribution in [0.5, 0.6) is 11.5 Å². The van der Waals surface area contributed by atoms with E-state index in [4.69, 9.17) is 9.47 Å². The lowest BCUT2D eigenvalue weighted by molar-refractivity contribution is -0.114. The van der Waals surface area contributed by atoms with Gasteiger partial charge in [0.15, 0.2) is 11.5 Å². The SMILES string of the molecule is CCCC.CCOc1cc(C(CS(C)(=O)=O)N2C(=O)c3cccc(NC(C)=O)c3C2=O)ccc1OC. The Morgan fingerprint density at radius 2 is 1.69 bits per heavy atom. The Balaban J connectivity index is 0.00000106. The Hall–Kier alpha value is -3.40. The fourth-order valence-electron chi connectivity index (χ4n) is 3.66. The highest BCUT2D eigenvalue weighted by Gasteiger charge is 2.43. The highest BCUT2D eigenvalue weighted by atomic mass is 32.2. The van der Waals surface area contributed by atoms with E-state index in [2.05, 4.69) is 19.2 Å². The molecular formula is C26H34N2O7S. The number of amides is 3. The average Bonchev–Trinajstić information content (AvgIpc) is 3.07. The number of hydrogen-bond donors (Lipinski definition) is 1. The molecule has 3 rings (SSSR count). The summed E-state index contributed by atoms with van der Waals surface area (Å²) in [7, 11) is -2.13. The Kier molecular flexibility index (Phi) is 10.0. The number of hydrogen-bond acceptors (Lipinski definition) is 7. The number of methoxy groups -OCH3 is 1. The van der Waals surface area contributed by atoms with E-state index < -0.39 is 39.4 Å². The summed E-state index contributed by atoms with van der Waals surface area (Å²) < 4.78 is 35.3. The number of nitrogens with zero attached hydrogens (tertiary/aromatic N) is 1. The number of imide groups is 1. The van der Waals surface area contributed by atoms with Gasteiger partial charge in [0.2, 0.25) is 5.91 Å². The van der Waals surface area contributed by atoms with E-state index in [0.29, 0.717) is 23.7 Å². The van der Waals surface area contributed by atoms with Crippen LogP contribution >= 0.6 is 0 Å². The number of unbranched alkanes of at least 4 members (excludes halogenated alkanes) is 1.